The summed E-state index contributed by atoms with van der Waals surface area (Å²) in [6.45, 7) is 7.07. The van der Waals surface area contributed by atoms with E-state index in [1.807, 2.05) is 0 Å². The molecule has 0 aliphatic heterocycles. The molecule has 0 radical (unpaired) electrons. The average Bonchev–Trinajstić information content (AvgIpc) is 2.66. The van der Waals surface area contributed by atoms with Crippen LogP contribution in [0, 0.1) is 17.8 Å². The molecule has 1 unspecified atom stereocenters. The van der Waals surface area contributed by atoms with Gasteiger partial charge in [0.15, 0.2) is 0 Å². The SMILES string of the molecule is CC(C)CCCC(C)C1CC1. The van der Waals surface area contributed by atoms with Crippen LogP contribution in [0.3, 0.4) is 0 Å². The molecular formula is C11H22. The molecule has 0 bridgehead atoms. The minimum atomic E-state index is 0.904. The van der Waals surface area contributed by atoms with Gasteiger partial charge in [-0.2, -0.15) is 0 Å². The smallest absolute Gasteiger partial charge is 0.0388 e. The van der Waals surface area contributed by atoms with Gasteiger partial charge in [-0.25, -0.2) is 0 Å². The molecule has 0 aromatic heterocycles. The van der Waals surface area contributed by atoms with Gasteiger partial charge in [-0.05, 0) is 30.6 Å². The summed E-state index contributed by atoms with van der Waals surface area (Å²) in [6, 6.07) is 0. The van der Waals surface area contributed by atoms with Crippen LogP contribution in [0.2, 0.25) is 0 Å². The van der Waals surface area contributed by atoms with E-state index in [2.05, 4.69) is 20.8 Å². The number of rotatable bonds is 5. The molecule has 1 aliphatic carbocycles. The first-order valence-corrected chi connectivity index (χ1v) is 5.20. The van der Waals surface area contributed by atoms with Gasteiger partial charge in [0.05, 0.1) is 0 Å². The lowest BCUT2D eigenvalue weighted by Crippen LogP contribution is -1.98. The van der Waals surface area contributed by atoms with Crippen LogP contribution < -0.4 is 0 Å². The first-order chi connectivity index (χ1) is 5.20. The van der Waals surface area contributed by atoms with E-state index in [0.29, 0.717) is 0 Å². The first kappa shape index (κ1) is 9.09. The van der Waals surface area contributed by atoms with Crippen LogP contribution in [0.25, 0.3) is 0 Å². The van der Waals surface area contributed by atoms with E-state index in [9.17, 15) is 0 Å². The standard InChI is InChI=1S/C11H22/c1-9(2)5-4-6-10(3)11-7-8-11/h9-11H,4-8H2,1-3H3. The van der Waals surface area contributed by atoms with Crippen LogP contribution in [0.1, 0.15) is 52.9 Å². The van der Waals surface area contributed by atoms with Crippen LogP contribution in [-0.4, -0.2) is 0 Å². The van der Waals surface area contributed by atoms with E-state index in [1.54, 1.807) is 0 Å². The Labute approximate surface area is 71.4 Å². The van der Waals surface area contributed by atoms with Gasteiger partial charge in [-0.3, -0.25) is 0 Å². The normalized spacial score (nSPS) is 20.7. The maximum Gasteiger partial charge on any atom is -0.0388 e. The summed E-state index contributed by atoms with van der Waals surface area (Å²) in [5.74, 6) is 3.04. The fourth-order valence-electron chi connectivity index (χ4n) is 1.75. The van der Waals surface area contributed by atoms with E-state index in [0.717, 1.165) is 17.8 Å². The van der Waals surface area contributed by atoms with Gasteiger partial charge in [-0.1, -0.05) is 40.0 Å². The quantitative estimate of drug-likeness (QED) is 0.564. The van der Waals surface area contributed by atoms with Gasteiger partial charge in [0.2, 0.25) is 0 Å². The average molecular weight is 154 g/mol. The highest BCUT2D eigenvalue weighted by Crippen LogP contribution is 2.38. The second kappa shape index (κ2) is 4.13. The molecule has 0 heterocycles. The Morgan fingerprint density at radius 3 is 2.18 bits per heavy atom. The van der Waals surface area contributed by atoms with Crippen molar-refractivity contribution in [1.29, 1.82) is 0 Å². The van der Waals surface area contributed by atoms with Crippen molar-refractivity contribution in [2.24, 2.45) is 17.8 Å². The molecule has 0 nitrogen and oxygen atoms in total. The van der Waals surface area contributed by atoms with Crippen molar-refractivity contribution < 1.29 is 0 Å². The first-order valence-electron chi connectivity index (χ1n) is 5.20. The van der Waals surface area contributed by atoms with Crippen LogP contribution in [-0.2, 0) is 0 Å². The molecule has 1 saturated carbocycles. The zero-order valence-electron chi connectivity index (χ0n) is 8.27. The molecule has 0 aromatic rings. The molecule has 1 rings (SSSR count). The van der Waals surface area contributed by atoms with E-state index in [4.69, 9.17) is 0 Å². The molecule has 0 saturated heterocycles. The third-order valence-electron chi connectivity index (χ3n) is 2.87. The van der Waals surface area contributed by atoms with Gasteiger partial charge < -0.3 is 0 Å². The van der Waals surface area contributed by atoms with Crippen molar-refractivity contribution in [3.63, 3.8) is 0 Å². The maximum atomic E-state index is 2.43. The molecule has 11 heavy (non-hydrogen) atoms. The van der Waals surface area contributed by atoms with Crippen molar-refractivity contribution in [1.82, 2.24) is 0 Å². The van der Waals surface area contributed by atoms with Crippen LogP contribution in [0.4, 0.5) is 0 Å². The molecule has 66 valence electrons. The van der Waals surface area contributed by atoms with Gasteiger partial charge in [-0.15, -0.1) is 0 Å². The second-order valence-corrected chi connectivity index (χ2v) is 4.64. The molecule has 1 aliphatic rings. The molecule has 1 fully saturated rings. The summed E-state index contributed by atoms with van der Waals surface area (Å²) in [5.41, 5.74) is 0. The largest absolute Gasteiger partial charge is 0.0628 e. The monoisotopic (exact) mass is 154 g/mol. The Bertz CT molecular complexity index is 101. The summed E-state index contributed by atoms with van der Waals surface area (Å²) in [5, 5.41) is 0. The van der Waals surface area contributed by atoms with Gasteiger partial charge in [0, 0.05) is 0 Å². The summed E-state index contributed by atoms with van der Waals surface area (Å²) < 4.78 is 0. The Morgan fingerprint density at radius 1 is 1.09 bits per heavy atom. The maximum absolute atomic E-state index is 2.43. The summed E-state index contributed by atoms with van der Waals surface area (Å²) >= 11 is 0. The zero-order chi connectivity index (χ0) is 8.27. The highest BCUT2D eigenvalue weighted by Gasteiger charge is 2.26. The third-order valence-corrected chi connectivity index (χ3v) is 2.87. The van der Waals surface area contributed by atoms with Crippen molar-refractivity contribution in [2.75, 3.05) is 0 Å². The minimum Gasteiger partial charge on any atom is -0.0628 e. The van der Waals surface area contributed by atoms with Crippen LogP contribution in [0.5, 0.6) is 0 Å². The topological polar surface area (TPSA) is 0 Å². The Balaban J connectivity index is 1.93. The summed E-state index contributed by atoms with van der Waals surface area (Å²) in [6.07, 6.45) is 7.39. The summed E-state index contributed by atoms with van der Waals surface area (Å²) in [4.78, 5) is 0. The molecule has 0 amide bonds. The highest BCUT2D eigenvalue weighted by atomic mass is 14.3. The van der Waals surface area contributed by atoms with E-state index in [-0.39, 0.29) is 0 Å². The van der Waals surface area contributed by atoms with Crippen LogP contribution in [0.15, 0.2) is 0 Å². The Kier molecular flexibility index (Phi) is 3.42. The van der Waals surface area contributed by atoms with E-state index in [1.165, 1.54) is 32.1 Å². The minimum absolute atomic E-state index is 0.904. The van der Waals surface area contributed by atoms with Crippen molar-refractivity contribution >= 4 is 0 Å². The lowest BCUT2D eigenvalue weighted by atomic mass is 9.96. The van der Waals surface area contributed by atoms with Crippen molar-refractivity contribution in [3.8, 4) is 0 Å². The van der Waals surface area contributed by atoms with Crippen LogP contribution >= 0.6 is 0 Å². The molecule has 0 spiro atoms. The second-order valence-electron chi connectivity index (χ2n) is 4.64. The molecule has 0 N–H and O–H groups in total. The van der Waals surface area contributed by atoms with Gasteiger partial charge in [0.1, 0.15) is 0 Å². The third kappa shape index (κ3) is 3.79. The lowest BCUT2D eigenvalue weighted by Gasteiger charge is -2.10. The molecular weight excluding hydrogens is 132 g/mol. The fourth-order valence-corrected chi connectivity index (χ4v) is 1.75. The predicted molar refractivity (Wildman–Crippen MR) is 50.6 cm³/mol. The number of hydrogen-bond acceptors (Lipinski definition) is 0. The Hall–Kier alpha value is 0. The Morgan fingerprint density at radius 2 is 1.73 bits per heavy atom. The molecule has 1 atom stereocenters. The fraction of sp³-hybridized carbons (Fsp3) is 1.00. The van der Waals surface area contributed by atoms with Crippen molar-refractivity contribution in [2.45, 2.75) is 52.9 Å². The van der Waals surface area contributed by atoms with E-state index < -0.39 is 0 Å². The number of hydrogen-bond donors (Lipinski definition) is 0. The molecule has 0 aromatic carbocycles. The van der Waals surface area contributed by atoms with Gasteiger partial charge >= 0.3 is 0 Å². The van der Waals surface area contributed by atoms with Crippen molar-refractivity contribution in [3.05, 3.63) is 0 Å². The highest BCUT2D eigenvalue weighted by molar-refractivity contribution is 4.78. The predicted octanol–water partition coefficient (Wildman–Crippen LogP) is 3.86. The molecule has 0 heteroatoms. The zero-order valence-corrected chi connectivity index (χ0v) is 8.27. The lowest BCUT2D eigenvalue weighted by molar-refractivity contribution is 0.421. The van der Waals surface area contributed by atoms with Gasteiger partial charge in [0.25, 0.3) is 0 Å². The van der Waals surface area contributed by atoms with E-state index >= 15 is 0 Å². The summed E-state index contributed by atoms with van der Waals surface area (Å²) in [7, 11) is 0.